The van der Waals surface area contributed by atoms with Crippen molar-refractivity contribution in [2.75, 3.05) is 26.7 Å². The highest BCUT2D eigenvalue weighted by Gasteiger charge is 2.25. The van der Waals surface area contributed by atoms with Gasteiger partial charge in [0, 0.05) is 31.7 Å². The van der Waals surface area contributed by atoms with Crippen LogP contribution in [0.15, 0.2) is 0 Å². The van der Waals surface area contributed by atoms with Crippen LogP contribution in [0.2, 0.25) is 0 Å². The molecule has 0 saturated carbocycles. The Kier molecular flexibility index (Phi) is 6.22. The number of hydrogen-bond acceptors (Lipinski definition) is 3. The van der Waals surface area contributed by atoms with Crippen LogP contribution in [-0.4, -0.2) is 47.3 Å². The van der Waals surface area contributed by atoms with Crippen molar-refractivity contribution in [2.45, 2.75) is 53.5 Å². The van der Waals surface area contributed by atoms with Gasteiger partial charge in [0.1, 0.15) is 0 Å². The lowest BCUT2D eigenvalue weighted by atomic mass is 10.1. The summed E-state index contributed by atoms with van der Waals surface area (Å²) < 4.78 is 2.10. The summed E-state index contributed by atoms with van der Waals surface area (Å²) in [5, 5.41) is 7.86. The van der Waals surface area contributed by atoms with E-state index >= 15 is 0 Å². The van der Waals surface area contributed by atoms with E-state index in [1.165, 1.54) is 11.3 Å². The van der Waals surface area contributed by atoms with Gasteiger partial charge in [0.05, 0.1) is 5.69 Å². The van der Waals surface area contributed by atoms with Crippen molar-refractivity contribution in [3.63, 3.8) is 0 Å². The van der Waals surface area contributed by atoms with E-state index in [9.17, 15) is 4.79 Å². The van der Waals surface area contributed by atoms with Crippen LogP contribution in [0, 0.1) is 25.7 Å². The summed E-state index contributed by atoms with van der Waals surface area (Å²) in [5.74, 6) is 1.48. The predicted octanol–water partition coefficient (Wildman–Crippen LogP) is 2.16. The monoisotopic (exact) mass is 320 g/mol. The molecule has 1 amide bonds. The fourth-order valence-electron chi connectivity index (χ4n) is 3.52. The van der Waals surface area contributed by atoms with Gasteiger partial charge in [-0.2, -0.15) is 5.10 Å². The molecule has 23 heavy (non-hydrogen) atoms. The van der Waals surface area contributed by atoms with E-state index in [1.54, 1.807) is 0 Å². The van der Waals surface area contributed by atoms with Crippen LogP contribution in [0.5, 0.6) is 0 Å². The number of aromatic nitrogens is 2. The largest absolute Gasteiger partial charge is 0.342 e. The van der Waals surface area contributed by atoms with Crippen molar-refractivity contribution < 1.29 is 4.79 Å². The van der Waals surface area contributed by atoms with Gasteiger partial charge in [-0.15, -0.1) is 0 Å². The van der Waals surface area contributed by atoms with Crippen molar-refractivity contribution >= 4 is 5.91 Å². The average Bonchev–Trinajstić information content (AvgIpc) is 3.03. The maximum absolute atomic E-state index is 12.5. The van der Waals surface area contributed by atoms with Crippen LogP contribution >= 0.6 is 0 Å². The van der Waals surface area contributed by atoms with Crippen molar-refractivity contribution in [3.8, 4) is 0 Å². The van der Waals surface area contributed by atoms with Crippen molar-refractivity contribution in [3.05, 3.63) is 17.0 Å². The molecule has 0 aromatic carbocycles. The van der Waals surface area contributed by atoms with Crippen molar-refractivity contribution in [2.24, 2.45) is 11.8 Å². The molecule has 1 aliphatic rings. The van der Waals surface area contributed by atoms with Gasteiger partial charge in [-0.25, -0.2) is 0 Å². The molecule has 1 aromatic rings. The van der Waals surface area contributed by atoms with E-state index in [4.69, 9.17) is 0 Å². The Morgan fingerprint density at radius 3 is 2.78 bits per heavy atom. The lowest BCUT2D eigenvalue weighted by molar-refractivity contribution is -0.130. The first kappa shape index (κ1) is 18.0. The second kappa shape index (κ2) is 7.95. The molecular formula is C18H32N4O. The minimum Gasteiger partial charge on any atom is -0.342 e. The third kappa shape index (κ3) is 4.56. The molecule has 0 spiro atoms. The lowest BCUT2D eigenvalue weighted by Crippen LogP contribution is -2.30. The van der Waals surface area contributed by atoms with Gasteiger partial charge in [-0.3, -0.25) is 9.48 Å². The number of nitrogens with zero attached hydrogens (tertiary/aromatic N) is 3. The van der Waals surface area contributed by atoms with Gasteiger partial charge in [-0.05, 0) is 57.7 Å². The molecule has 1 fully saturated rings. The van der Waals surface area contributed by atoms with Crippen molar-refractivity contribution in [1.82, 2.24) is 20.0 Å². The zero-order valence-corrected chi connectivity index (χ0v) is 15.4. The van der Waals surface area contributed by atoms with E-state index in [1.807, 2.05) is 11.9 Å². The number of rotatable bonds is 7. The van der Waals surface area contributed by atoms with E-state index in [0.717, 1.165) is 44.7 Å². The van der Waals surface area contributed by atoms with E-state index < -0.39 is 0 Å². The summed E-state index contributed by atoms with van der Waals surface area (Å²) in [6.45, 7) is 12.4. The summed E-state index contributed by atoms with van der Waals surface area (Å²) >= 11 is 0. The maximum Gasteiger partial charge on any atom is 0.222 e. The number of carbonyl (C=O) groups is 1. The van der Waals surface area contributed by atoms with Crippen LogP contribution in [-0.2, 0) is 17.8 Å². The summed E-state index contributed by atoms with van der Waals surface area (Å²) in [7, 11) is 1.98. The zero-order chi connectivity index (χ0) is 17.0. The number of hydrogen-bond donors (Lipinski definition) is 1. The molecule has 2 rings (SSSR count). The lowest BCUT2D eigenvalue weighted by Gasteiger charge is -2.16. The highest BCUT2D eigenvalue weighted by molar-refractivity contribution is 5.76. The Labute approximate surface area is 140 Å². The second-order valence-corrected chi connectivity index (χ2v) is 7.28. The third-order valence-corrected chi connectivity index (χ3v) is 4.79. The molecule has 1 unspecified atom stereocenters. The van der Waals surface area contributed by atoms with Gasteiger partial charge >= 0.3 is 0 Å². The van der Waals surface area contributed by atoms with Crippen molar-refractivity contribution in [1.29, 1.82) is 0 Å². The molecule has 1 aromatic heterocycles. The highest BCUT2D eigenvalue weighted by Crippen LogP contribution is 2.20. The number of aryl methyl sites for hydroxylation is 1. The van der Waals surface area contributed by atoms with Crippen LogP contribution in [0.4, 0.5) is 0 Å². The third-order valence-electron chi connectivity index (χ3n) is 4.79. The fraction of sp³-hybridized carbons (Fsp3) is 0.778. The Balaban J connectivity index is 1.91. The molecule has 0 radical (unpaired) electrons. The molecule has 1 N–H and O–H groups in total. The number of carbonyl (C=O) groups excluding carboxylic acids is 1. The number of amides is 1. The molecule has 2 heterocycles. The van der Waals surface area contributed by atoms with E-state index in [0.29, 0.717) is 24.2 Å². The minimum atomic E-state index is 0.291. The standard InChI is InChI=1S/C18H32N4O/c1-13(2)11-22-15(4)17(14(3)20-22)6-7-18(23)21-9-8-16(12-21)10-19-5/h13,16,19H,6-12H2,1-5H3. The van der Waals surface area contributed by atoms with E-state index in [-0.39, 0.29) is 0 Å². The normalized spacial score (nSPS) is 18.2. The van der Waals surface area contributed by atoms with Gasteiger partial charge < -0.3 is 10.2 Å². The fourth-order valence-corrected chi connectivity index (χ4v) is 3.52. The van der Waals surface area contributed by atoms with Crippen LogP contribution < -0.4 is 5.32 Å². The molecular weight excluding hydrogens is 288 g/mol. The smallest absolute Gasteiger partial charge is 0.222 e. The van der Waals surface area contributed by atoms with Gasteiger partial charge in [0.2, 0.25) is 5.91 Å². The molecule has 130 valence electrons. The first-order valence-corrected chi connectivity index (χ1v) is 8.87. The molecule has 0 bridgehead atoms. The topological polar surface area (TPSA) is 50.2 Å². The maximum atomic E-state index is 12.5. The summed E-state index contributed by atoms with van der Waals surface area (Å²) in [6.07, 6.45) is 2.53. The Morgan fingerprint density at radius 1 is 1.39 bits per heavy atom. The van der Waals surface area contributed by atoms with Crippen LogP contribution in [0.25, 0.3) is 0 Å². The number of nitrogens with one attached hydrogen (secondary N) is 1. The van der Waals surface area contributed by atoms with Crippen LogP contribution in [0.1, 0.15) is 43.6 Å². The Bertz CT molecular complexity index is 535. The van der Waals surface area contributed by atoms with Gasteiger partial charge in [0.25, 0.3) is 0 Å². The molecule has 1 atom stereocenters. The molecule has 5 heteroatoms. The minimum absolute atomic E-state index is 0.291. The number of likely N-dealkylation sites (tertiary alicyclic amines) is 1. The molecule has 1 saturated heterocycles. The first-order chi connectivity index (χ1) is 10.9. The highest BCUT2D eigenvalue weighted by atomic mass is 16.2. The first-order valence-electron chi connectivity index (χ1n) is 8.87. The summed E-state index contributed by atoms with van der Waals surface area (Å²) in [6, 6.07) is 0. The summed E-state index contributed by atoms with van der Waals surface area (Å²) in [5.41, 5.74) is 3.55. The average molecular weight is 320 g/mol. The molecule has 0 aliphatic carbocycles. The quantitative estimate of drug-likeness (QED) is 0.837. The second-order valence-electron chi connectivity index (χ2n) is 7.28. The predicted molar refractivity (Wildman–Crippen MR) is 93.5 cm³/mol. The Hall–Kier alpha value is -1.36. The van der Waals surface area contributed by atoms with Gasteiger partial charge in [0.15, 0.2) is 0 Å². The van der Waals surface area contributed by atoms with Crippen LogP contribution in [0.3, 0.4) is 0 Å². The molecule has 1 aliphatic heterocycles. The SMILES string of the molecule is CNCC1CCN(C(=O)CCc2c(C)nn(CC(C)C)c2C)C1. The Morgan fingerprint density at radius 2 is 2.13 bits per heavy atom. The zero-order valence-electron chi connectivity index (χ0n) is 15.4. The van der Waals surface area contributed by atoms with Gasteiger partial charge in [-0.1, -0.05) is 13.8 Å². The molecule has 5 nitrogen and oxygen atoms in total. The summed E-state index contributed by atoms with van der Waals surface area (Å²) in [4.78, 5) is 14.5. The van der Waals surface area contributed by atoms with E-state index in [2.05, 4.69) is 42.8 Å².